The minimum absolute atomic E-state index is 0.133. The van der Waals surface area contributed by atoms with Crippen LogP contribution in [-0.4, -0.2) is 31.0 Å². The molecule has 0 aliphatic carbocycles. The van der Waals surface area contributed by atoms with Crippen LogP contribution in [0.2, 0.25) is 0 Å². The van der Waals surface area contributed by atoms with Crippen LogP contribution in [0.25, 0.3) is 0 Å². The smallest absolute Gasteiger partial charge is 0.305 e. The van der Waals surface area contributed by atoms with E-state index in [-0.39, 0.29) is 16.7 Å². The molecule has 2 rings (SSSR count). The van der Waals surface area contributed by atoms with Crippen LogP contribution >= 0.6 is 26.6 Å². The molecule has 0 saturated carbocycles. The van der Waals surface area contributed by atoms with E-state index in [1.54, 1.807) is 0 Å². The van der Waals surface area contributed by atoms with E-state index in [1.807, 2.05) is 0 Å². The predicted molar refractivity (Wildman–Crippen MR) is 76.3 cm³/mol. The highest BCUT2D eigenvalue weighted by atomic mass is 79.9. The number of halogens is 3. The zero-order valence-electron chi connectivity index (χ0n) is 10.1. The van der Waals surface area contributed by atoms with Crippen LogP contribution < -0.4 is 4.90 Å². The Labute approximate surface area is 131 Å². The molecule has 1 aliphatic rings. The molecule has 0 bridgehead atoms. The highest BCUT2D eigenvalue weighted by Gasteiger charge is 2.41. The van der Waals surface area contributed by atoms with E-state index in [4.69, 9.17) is 10.7 Å². The highest BCUT2D eigenvalue weighted by Crippen LogP contribution is 2.37. The number of carbonyl (C=O) groups excluding carboxylic acids is 1. The molecule has 0 spiro atoms. The summed E-state index contributed by atoms with van der Waals surface area (Å²) in [5, 5.41) is 9.82. The number of hydrogen-bond donors (Lipinski definition) is 0. The lowest BCUT2D eigenvalue weighted by Crippen LogP contribution is -2.27. The Kier molecular flexibility index (Phi) is 4.22. The molecule has 1 amide bonds. The zero-order chi connectivity index (χ0) is 15.9. The summed E-state index contributed by atoms with van der Waals surface area (Å²) < 4.78 is 36.3. The van der Waals surface area contributed by atoms with Crippen molar-refractivity contribution >= 4 is 52.9 Å². The van der Waals surface area contributed by atoms with Crippen molar-refractivity contribution in [2.45, 2.75) is 11.7 Å². The van der Waals surface area contributed by atoms with Gasteiger partial charge in [0.15, 0.2) is 0 Å². The molecule has 1 aliphatic heterocycles. The largest absolute Gasteiger partial charge is 0.329 e. The molecular weight excluding hydrogens is 395 g/mol. The van der Waals surface area contributed by atoms with Crippen molar-refractivity contribution < 1.29 is 22.5 Å². The van der Waals surface area contributed by atoms with Crippen LogP contribution in [0.3, 0.4) is 0 Å². The molecule has 0 N–H and O–H groups in total. The summed E-state index contributed by atoms with van der Waals surface area (Å²) in [5.74, 6) is -1.81. The minimum atomic E-state index is -3.99. The van der Waals surface area contributed by atoms with Gasteiger partial charge in [0, 0.05) is 23.6 Å². The van der Waals surface area contributed by atoms with Gasteiger partial charge in [0.05, 0.1) is 9.40 Å². The van der Waals surface area contributed by atoms with Gasteiger partial charge < -0.3 is 4.90 Å². The van der Waals surface area contributed by atoms with E-state index in [9.17, 15) is 27.7 Å². The summed E-state index contributed by atoms with van der Waals surface area (Å²) in [5.41, 5.74) is -1.20. The van der Waals surface area contributed by atoms with Gasteiger partial charge in [0.1, 0.15) is 10.9 Å². The third-order valence-electron chi connectivity index (χ3n) is 3.01. The summed E-state index contributed by atoms with van der Waals surface area (Å²) in [6, 6.07) is 2.37. The van der Waals surface area contributed by atoms with Crippen molar-refractivity contribution in [1.82, 2.24) is 0 Å². The van der Waals surface area contributed by atoms with Crippen molar-refractivity contribution in [2.75, 3.05) is 11.4 Å². The van der Waals surface area contributed by atoms with E-state index in [0.29, 0.717) is 0 Å². The van der Waals surface area contributed by atoms with Crippen LogP contribution in [0.1, 0.15) is 6.42 Å². The predicted octanol–water partition coefficient (Wildman–Crippen LogP) is 2.17. The third kappa shape index (κ3) is 3.01. The maximum absolute atomic E-state index is 13.9. The SMILES string of the molecule is O=C1CC(S(=O)(=O)Cl)CN1c1ccc(Br)c(F)c1[N+](=O)[O-]. The Morgan fingerprint density at radius 1 is 1.48 bits per heavy atom. The second-order valence-electron chi connectivity index (χ2n) is 4.29. The average molecular weight is 402 g/mol. The second kappa shape index (κ2) is 5.50. The number of hydrogen-bond acceptors (Lipinski definition) is 5. The average Bonchev–Trinajstić information content (AvgIpc) is 2.74. The molecule has 1 fully saturated rings. The van der Waals surface area contributed by atoms with Crippen molar-refractivity contribution in [3.8, 4) is 0 Å². The van der Waals surface area contributed by atoms with E-state index in [2.05, 4.69) is 15.9 Å². The van der Waals surface area contributed by atoms with Gasteiger partial charge in [-0.1, -0.05) is 0 Å². The Hall–Kier alpha value is -1.26. The third-order valence-corrected chi connectivity index (χ3v) is 5.49. The molecule has 7 nitrogen and oxygen atoms in total. The molecule has 1 unspecified atom stereocenters. The van der Waals surface area contributed by atoms with E-state index in [1.165, 1.54) is 12.1 Å². The first kappa shape index (κ1) is 16.1. The number of nitro benzene ring substituents is 1. The summed E-state index contributed by atoms with van der Waals surface area (Å²) in [4.78, 5) is 22.7. The molecule has 1 aromatic carbocycles. The first-order chi connectivity index (χ1) is 9.62. The van der Waals surface area contributed by atoms with E-state index >= 15 is 0 Å². The van der Waals surface area contributed by atoms with Crippen molar-refractivity contribution in [2.24, 2.45) is 0 Å². The number of carbonyl (C=O) groups is 1. The second-order valence-corrected chi connectivity index (χ2v) is 8.05. The van der Waals surface area contributed by atoms with Gasteiger partial charge in [-0.3, -0.25) is 14.9 Å². The van der Waals surface area contributed by atoms with Crippen LogP contribution in [0, 0.1) is 15.9 Å². The fourth-order valence-corrected chi connectivity index (χ4v) is 3.36. The lowest BCUT2D eigenvalue weighted by atomic mass is 10.2. The first-order valence-corrected chi connectivity index (χ1v) is 8.65. The Morgan fingerprint density at radius 3 is 2.57 bits per heavy atom. The normalized spacial score (nSPS) is 19.1. The standard InChI is InChI=1S/C10H7BrClFN2O5S/c11-6-1-2-7(10(9(6)13)15(17)18)14-4-5(3-8(14)16)21(12,19)20/h1-2,5H,3-4H2. The van der Waals surface area contributed by atoms with E-state index < -0.39 is 43.1 Å². The van der Waals surface area contributed by atoms with Gasteiger partial charge >= 0.3 is 5.69 Å². The van der Waals surface area contributed by atoms with E-state index in [0.717, 1.165) is 4.90 Å². The number of amides is 1. The number of nitrogens with zero attached hydrogens (tertiary/aromatic N) is 2. The van der Waals surface area contributed by atoms with Crippen LogP contribution in [-0.2, 0) is 13.8 Å². The topological polar surface area (TPSA) is 97.6 Å². The van der Waals surface area contributed by atoms with Gasteiger partial charge in [-0.2, -0.15) is 4.39 Å². The number of nitro groups is 1. The summed E-state index contributed by atoms with van der Waals surface area (Å²) in [6.45, 7) is -0.355. The van der Waals surface area contributed by atoms with Gasteiger partial charge in [-0.25, -0.2) is 8.42 Å². The van der Waals surface area contributed by atoms with Crippen LogP contribution in [0.5, 0.6) is 0 Å². The lowest BCUT2D eigenvalue weighted by molar-refractivity contribution is -0.386. The number of anilines is 1. The Morgan fingerprint density at radius 2 is 2.10 bits per heavy atom. The molecule has 1 saturated heterocycles. The quantitative estimate of drug-likeness (QED) is 0.439. The Balaban J connectivity index is 2.51. The van der Waals surface area contributed by atoms with Crippen molar-refractivity contribution in [3.05, 3.63) is 32.5 Å². The molecular formula is C10H7BrClFN2O5S. The molecule has 0 aromatic heterocycles. The molecule has 114 valence electrons. The molecule has 1 atom stereocenters. The summed E-state index contributed by atoms with van der Waals surface area (Å²) in [6.07, 6.45) is -0.402. The summed E-state index contributed by atoms with van der Waals surface area (Å²) >= 11 is 2.82. The van der Waals surface area contributed by atoms with Crippen molar-refractivity contribution in [1.29, 1.82) is 0 Å². The van der Waals surface area contributed by atoms with Crippen LogP contribution in [0.4, 0.5) is 15.8 Å². The fourth-order valence-electron chi connectivity index (χ4n) is 2.02. The molecule has 11 heteroatoms. The van der Waals surface area contributed by atoms with Gasteiger partial charge in [0.2, 0.25) is 20.8 Å². The Bertz CT molecular complexity index is 741. The molecule has 21 heavy (non-hydrogen) atoms. The molecule has 1 aromatic rings. The van der Waals surface area contributed by atoms with Gasteiger partial charge in [-0.15, -0.1) is 0 Å². The van der Waals surface area contributed by atoms with Crippen molar-refractivity contribution in [3.63, 3.8) is 0 Å². The highest BCUT2D eigenvalue weighted by molar-refractivity contribution is 9.10. The zero-order valence-corrected chi connectivity index (χ0v) is 13.3. The maximum atomic E-state index is 13.9. The summed E-state index contributed by atoms with van der Waals surface area (Å²) in [7, 11) is 1.20. The first-order valence-electron chi connectivity index (χ1n) is 5.49. The number of rotatable bonds is 3. The van der Waals surface area contributed by atoms with Gasteiger partial charge in [0.25, 0.3) is 0 Å². The molecule has 0 radical (unpaired) electrons. The monoisotopic (exact) mass is 400 g/mol. The maximum Gasteiger partial charge on any atom is 0.329 e. The fraction of sp³-hybridized carbons (Fsp3) is 0.300. The lowest BCUT2D eigenvalue weighted by Gasteiger charge is -2.16. The molecule has 1 heterocycles. The minimum Gasteiger partial charge on any atom is -0.305 e. The van der Waals surface area contributed by atoms with Gasteiger partial charge in [-0.05, 0) is 28.1 Å². The number of benzene rings is 1. The van der Waals surface area contributed by atoms with Crippen LogP contribution in [0.15, 0.2) is 16.6 Å².